The number of hydrogen-bond acceptors (Lipinski definition) is 5. The molecule has 24 heavy (non-hydrogen) atoms. The normalized spacial score (nSPS) is 24.2. The molecule has 4 rings (SSSR count). The second-order valence-corrected chi connectivity index (χ2v) is 6.92. The molecule has 0 amide bonds. The molecule has 1 aromatic heterocycles. The summed E-state index contributed by atoms with van der Waals surface area (Å²) >= 11 is 0. The van der Waals surface area contributed by atoms with Crippen molar-refractivity contribution in [2.24, 2.45) is 0 Å². The fourth-order valence-electron chi connectivity index (χ4n) is 4.04. The Kier molecular flexibility index (Phi) is 4.21. The zero-order chi connectivity index (χ0) is 16.5. The summed E-state index contributed by atoms with van der Waals surface area (Å²) in [4.78, 5) is 13.6. The predicted molar refractivity (Wildman–Crippen MR) is 94.1 cm³/mol. The molecular weight excluding hydrogens is 300 g/mol. The lowest BCUT2D eigenvalue weighted by Crippen LogP contribution is -2.51. The second-order valence-electron chi connectivity index (χ2n) is 6.92. The molecule has 0 saturated carbocycles. The molecule has 2 aromatic rings. The van der Waals surface area contributed by atoms with Crippen molar-refractivity contribution in [2.45, 2.75) is 32.5 Å². The molecule has 0 unspecified atom stereocenters. The van der Waals surface area contributed by atoms with Crippen LogP contribution in [0.3, 0.4) is 0 Å². The number of aryl methyl sites for hydroxylation is 2. The third-order valence-corrected chi connectivity index (χ3v) is 4.91. The van der Waals surface area contributed by atoms with E-state index >= 15 is 0 Å². The highest BCUT2D eigenvalue weighted by atomic mass is 16.5. The van der Waals surface area contributed by atoms with Crippen LogP contribution in [0.2, 0.25) is 0 Å². The minimum atomic E-state index is 0.256. The molecule has 1 aromatic carbocycles. The van der Waals surface area contributed by atoms with Crippen LogP contribution in [0.15, 0.2) is 36.8 Å². The first-order chi connectivity index (χ1) is 11.7. The van der Waals surface area contributed by atoms with Gasteiger partial charge in [-0.3, -0.25) is 9.88 Å². The Balaban J connectivity index is 1.49. The minimum Gasteiger partial charge on any atom is -0.373 e. The van der Waals surface area contributed by atoms with Gasteiger partial charge < -0.3 is 9.64 Å². The standard InChI is InChI=1S/C19H24N4O/c1-14-7-15(2)9-16(8-14)11-22-12-17-18(13-22)24-6-5-23(17)19-10-20-3-4-21-19/h3-4,7-10,17-18H,5-6,11-13H2,1-2H3/t17-,18+/m1/s1. The van der Waals surface area contributed by atoms with Crippen molar-refractivity contribution in [3.63, 3.8) is 0 Å². The molecule has 2 fully saturated rings. The van der Waals surface area contributed by atoms with Gasteiger partial charge in [0.2, 0.25) is 0 Å². The van der Waals surface area contributed by atoms with Gasteiger partial charge in [-0.25, -0.2) is 4.98 Å². The average Bonchev–Trinajstić information content (AvgIpc) is 2.96. The molecule has 2 atom stereocenters. The molecule has 0 N–H and O–H groups in total. The monoisotopic (exact) mass is 324 g/mol. The molecule has 3 heterocycles. The van der Waals surface area contributed by atoms with Crippen LogP contribution in [0.1, 0.15) is 16.7 Å². The fraction of sp³-hybridized carbons (Fsp3) is 0.474. The smallest absolute Gasteiger partial charge is 0.147 e. The van der Waals surface area contributed by atoms with Gasteiger partial charge in [-0.2, -0.15) is 0 Å². The van der Waals surface area contributed by atoms with Crippen LogP contribution in [-0.2, 0) is 11.3 Å². The maximum absolute atomic E-state index is 6.04. The van der Waals surface area contributed by atoms with E-state index in [2.05, 4.69) is 51.8 Å². The summed E-state index contributed by atoms with van der Waals surface area (Å²) in [6.07, 6.45) is 5.60. The van der Waals surface area contributed by atoms with Gasteiger partial charge >= 0.3 is 0 Å². The van der Waals surface area contributed by atoms with E-state index in [9.17, 15) is 0 Å². The van der Waals surface area contributed by atoms with E-state index in [0.717, 1.165) is 38.6 Å². The maximum atomic E-state index is 6.04. The lowest BCUT2D eigenvalue weighted by atomic mass is 10.1. The molecule has 5 heteroatoms. The topological polar surface area (TPSA) is 41.5 Å². The number of anilines is 1. The van der Waals surface area contributed by atoms with E-state index < -0.39 is 0 Å². The van der Waals surface area contributed by atoms with Crippen LogP contribution in [0.5, 0.6) is 0 Å². The van der Waals surface area contributed by atoms with Gasteiger partial charge in [-0.15, -0.1) is 0 Å². The molecular formula is C19H24N4O. The zero-order valence-electron chi connectivity index (χ0n) is 14.4. The average molecular weight is 324 g/mol. The van der Waals surface area contributed by atoms with E-state index in [1.54, 1.807) is 12.4 Å². The van der Waals surface area contributed by atoms with Crippen LogP contribution in [0, 0.1) is 13.8 Å². The molecule has 126 valence electrons. The molecule has 2 aliphatic heterocycles. The number of aromatic nitrogens is 2. The number of benzene rings is 1. The Labute approximate surface area is 143 Å². The van der Waals surface area contributed by atoms with Gasteiger partial charge in [-0.1, -0.05) is 29.3 Å². The number of nitrogens with zero attached hydrogens (tertiary/aromatic N) is 4. The highest BCUT2D eigenvalue weighted by Crippen LogP contribution is 2.27. The third-order valence-electron chi connectivity index (χ3n) is 4.91. The molecule has 2 aliphatic rings. The van der Waals surface area contributed by atoms with Crippen molar-refractivity contribution in [1.29, 1.82) is 0 Å². The van der Waals surface area contributed by atoms with Gasteiger partial charge in [0.05, 0.1) is 24.9 Å². The summed E-state index contributed by atoms with van der Waals surface area (Å²) in [6, 6.07) is 7.17. The SMILES string of the molecule is Cc1cc(C)cc(CN2C[C@@H]3OCCN(c4cnccn4)[C@@H]3C2)c1. The summed E-state index contributed by atoms with van der Waals surface area (Å²) in [7, 11) is 0. The Morgan fingerprint density at radius 1 is 1.12 bits per heavy atom. The summed E-state index contributed by atoms with van der Waals surface area (Å²) in [6.45, 7) is 8.95. The van der Waals surface area contributed by atoms with Crippen LogP contribution < -0.4 is 4.90 Å². The first-order valence-electron chi connectivity index (χ1n) is 8.63. The quantitative estimate of drug-likeness (QED) is 0.866. The van der Waals surface area contributed by atoms with Crippen molar-refractivity contribution in [3.8, 4) is 0 Å². The predicted octanol–water partition coefficient (Wildman–Crippen LogP) is 2.18. The summed E-state index contributed by atoms with van der Waals surface area (Å²) < 4.78 is 6.04. The van der Waals surface area contributed by atoms with Crippen LogP contribution in [0.25, 0.3) is 0 Å². The van der Waals surface area contributed by atoms with Crippen molar-refractivity contribution < 1.29 is 4.74 Å². The first-order valence-corrected chi connectivity index (χ1v) is 8.63. The van der Waals surface area contributed by atoms with Gasteiger partial charge in [0.25, 0.3) is 0 Å². The maximum Gasteiger partial charge on any atom is 0.147 e. The van der Waals surface area contributed by atoms with E-state index in [-0.39, 0.29) is 6.10 Å². The Bertz CT molecular complexity index is 686. The Morgan fingerprint density at radius 3 is 2.71 bits per heavy atom. The van der Waals surface area contributed by atoms with Crippen LogP contribution in [0.4, 0.5) is 5.82 Å². The van der Waals surface area contributed by atoms with E-state index in [4.69, 9.17) is 4.74 Å². The highest BCUT2D eigenvalue weighted by Gasteiger charge is 2.40. The van der Waals surface area contributed by atoms with Crippen molar-refractivity contribution in [3.05, 3.63) is 53.5 Å². The molecule has 5 nitrogen and oxygen atoms in total. The summed E-state index contributed by atoms with van der Waals surface area (Å²) in [5.41, 5.74) is 4.05. The van der Waals surface area contributed by atoms with E-state index in [0.29, 0.717) is 6.04 Å². The summed E-state index contributed by atoms with van der Waals surface area (Å²) in [5.74, 6) is 0.962. The number of rotatable bonds is 3. The number of ether oxygens (including phenoxy) is 1. The molecule has 0 bridgehead atoms. The molecule has 0 spiro atoms. The van der Waals surface area contributed by atoms with Crippen molar-refractivity contribution in [2.75, 3.05) is 31.1 Å². The minimum absolute atomic E-state index is 0.256. The van der Waals surface area contributed by atoms with Gasteiger partial charge in [0.15, 0.2) is 0 Å². The number of morpholine rings is 1. The van der Waals surface area contributed by atoms with Crippen molar-refractivity contribution in [1.82, 2.24) is 14.9 Å². The van der Waals surface area contributed by atoms with Gasteiger partial charge in [0, 0.05) is 38.6 Å². The zero-order valence-corrected chi connectivity index (χ0v) is 14.4. The number of likely N-dealkylation sites (tertiary alicyclic amines) is 1. The van der Waals surface area contributed by atoms with Gasteiger partial charge in [0.1, 0.15) is 5.82 Å². The largest absolute Gasteiger partial charge is 0.373 e. The Hall–Kier alpha value is -1.98. The third kappa shape index (κ3) is 3.14. The molecule has 0 radical (unpaired) electrons. The van der Waals surface area contributed by atoms with Crippen LogP contribution in [-0.4, -0.2) is 53.3 Å². The first kappa shape index (κ1) is 15.5. The fourth-order valence-corrected chi connectivity index (χ4v) is 4.04. The highest BCUT2D eigenvalue weighted by molar-refractivity contribution is 5.39. The molecule has 2 saturated heterocycles. The lowest BCUT2D eigenvalue weighted by Gasteiger charge is -2.37. The second kappa shape index (κ2) is 6.49. The van der Waals surface area contributed by atoms with Crippen LogP contribution >= 0.6 is 0 Å². The lowest BCUT2D eigenvalue weighted by molar-refractivity contribution is 0.0303. The Morgan fingerprint density at radius 2 is 1.96 bits per heavy atom. The summed E-state index contributed by atoms with van der Waals surface area (Å²) in [5, 5.41) is 0. The van der Waals surface area contributed by atoms with Gasteiger partial charge in [-0.05, 0) is 19.4 Å². The number of fused-ring (bicyclic) bond motifs is 1. The number of hydrogen-bond donors (Lipinski definition) is 0. The molecule has 0 aliphatic carbocycles. The van der Waals surface area contributed by atoms with E-state index in [1.807, 2.05) is 6.20 Å². The van der Waals surface area contributed by atoms with E-state index in [1.165, 1.54) is 16.7 Å². The van der Waals surface area contributed by atoms with Crippen molar-refractivity contribution >= 4 is 5.82 Å².